The lowest BCUT2D eigenvalue weighted by Crippen LogP contribution is -2.55. The first-order chi connectivity index (χ1) is 25.6. The van der Waals surface area contributed by atoms with Gasteiger partial charge < -0.3 is 28.6 Å². The van der Waals surface area contributed by atoms with E-state index >= 15 is 0 Å². The Labute approximate surface area is 326 Å². The summed E-state index contributed by atoms with van der Waals surface area (Å²) in [6, 6.07) is -0.728. The number of nitrogens with zero attached hydrogens (tertiary/aromatic N) is 1. The van der Waals surface area contributed by atoms with E-state index in [2.05, 4.69) is 26.0 Å². The van der Waals surface area contributed by atoms with Crippen LogP contribution in [0, 0.1) is 0 Å². The number of unbranched alkanes of at least 4 members (excludes halogenated alkanes) is 21. The van der Waals surface area contributed by atoms with Crippen molar-refractivity contribution in [1.82, 2.24) is 0 Å². The van der Waals surface area contributed by atoms with Crippen LogP contribution in [0.15, 0.2) is 24.3 Å². The summed E-state index contributed by atoms with van der Waals surface area (Å²) in [7, 11) is 5.39. The fourth-order valence-corrected chi connectivity index (χ4v) is 6.48. The van der Waals surface area contributed by atoms with E-state index < -0.39 is 18.1 Å². The van der Waals surface area contributed by atoms with Gasteiger partial charge in [0.05, 0.1) is 40.3 Å². The largest absolute Gasteiger partial charge is 0.544 e. The Morgan fingerprint density at radius 1 is 0.585 bits per heavy atom. The smallest absolute Gasteiger partial charge is 0.306 e. The molecule has 0 aliphatic heterocycles. The van der Waals surface area contributed by atoms with E-state index in [0.717, 1.165) is 32.1 Å². The molecule has 0 heterocycles. The minimum Gasteiger partial charge on any atom is -0.544 e. The highest BCUT2D eigenvalue weighted by Gasteiger charge is 2.25. The van der Waals surface area contributed by atoms with Crippen LogP contribution in [0.2, 0.25) is 0 Å². The van der Waals surface area contributed by atoms with E-state index in [-0.39, 0.29) is 49.1 Å². The summed E-state index contributed by atoms with van der Waals surface area (Å²) < 4.78 is 17.0. The normalized spacial score (nSPS) is 13.2. The third-order valence-corrected chi connectivity index (χ3v) is 9.87. The summed E-state index contributed by atoms with van der Waals surface area (Å²) in [4.78, 5) is 36.6. The fraction of sp³-hybridized carbons (Fsp3) is 0.844. The Morgan fingerprint density at radius 2 is 1.06 bits per heavy atom. The standard InChI is InChI=1S/C45H83NO7/c1-6-8-10-12-14-15-16-17-18-19-20-21-22-23-24-25-26-27-28-30-32-34-36-44(48)53-41(39-51-38-37-42(45(49)50)46(3,4)5)40-52-43(47)35-33-31-29-13-11-9-7-2/h9,11,29,31,41-42H,6-8,10,12-28,30,32-40H2,1-5H3/b11-9+,31-29+. The van der Waals surface area contributed by atoms with Crippen LogP contribution in [0.4, 0.5) is 0 Å². The Hall–Kier alpha value is -2.19. The first-order valence-electron chi connectivity index (χ1n) is 21.9. The number of hydrogen-bond donors (Lipinski definition) is 0. The molecule has 0 saturated heterocycles. The van der Waals surface area contributed by atoms with Gasteiger partial charge in [-0.1, -0.05) is 173 Å². The van der Waals surface area contributed by atoms with Gasteiger partial charge in [-0.3, -0.25) is 9.59 Å². The molecule has 0 aliphatic carbocycles. The predicted octanol–water partition coefficient (Wildman–Crippen LogP) is 10.4. The maximum absolute atomic E-state index is 12.7. The molecule has 0 amide bonds. The van der Waals surface area contributed by atoms with Gasteiger partial charge in [-0.2, -0.15) is 0 Å². The number of carbonyl (C=O) groups excluding carboxylic acids is 3. The van der Waals surface area contributed by atoms with Crippen LogP contribution in [-0.4, -0.2) is 75.5 Å². The number of carboxylic acids is 1. The van der Waals surface area contributed by atoms with Gasteiger partial charge in [0.15, 0.2) is 6.10 Å². The molecule has 0 aromatic carbocycles. The van der Waals surface area contributed by atoms with Crippen LogP contribution in [0.3, 0.4) is 0 Å². The molecule has 0 rings (SSSR count). The predicted molar refractivity (Wildman–Crippen MR) is 217 cm³/mol. The SMILES string of the molecule is CC/C=C/C/C=C/CCC(=O)OCC(COCCC(C(=O)[O-])[N+](C)(C)C)OC(=O)CCCCCCCCCCCCCCCCCCCCCCCC. The summed E-state index contributed by atoms with van der Waals surface area (Å²) in [6.07, 6.45) is 39.7. The molecule has 8 heteroatoms. The Balaban J connectivity index is 4.14. The number of esters is 2. The van der Waals surface area contributed by atoms with Gasteiger partial charge in [0.25, 0.3) is 0 Å². The fourth-order valence-electron chi connectivity index (χ4n) is 6.48. The molecule has 0 bridgehead atoms. The molecule has 0 spiro atoms. The van der Waals surface area contributed by atoms with Crippen molar-refractivity contribution in [2.75, 3.05) is 41.0 Å². The van der Waals surface area contributed by atoms with Crippen molar-refractivity contribution in [3.05, 3.63) is 24.3 Å². The number of ether oxygens (including phenoxy) is 3. The first kappa shape index (κ1) is 50.8. The lowest BCUT2D eigenvalue weighted by Gasteiger charge is -2.34. The van der Waals surface area contributed by atoms with Crippen LogP contribution in [0.25, 0.3) is 0 Å². The van der Waals surface area contributed by atoms with Crippen molar-refractivity contribution < 1.29 is 38.2 Å². The van der Waals surface area contributed by atoms with Crippen LogP contribution in [-0.2, 0) is 28.6 Å². The molecular formula is C45H83NO7. The molecule has 310 valence electrons. The third-order valence-electron chi connectivity index (χ3n) is 9.87. The van der Waals surface area contributed by atoms with E-state index in [1.807, 2.05) is 12.2 Å². The minimum atomic E-state index is -1.13. The van der Waals surface area contributed by atoms with E-state index in [1.165, 1.54) is 122 Å². The number of carboxylic acid groups (broad SMARTS) is 1. The molecule has 0 aliphatic rings. The summed E-state index contributed by atoms with van der Waals surface area (Å²) in [5.74, 6) is -1.82. The van der Waals surface area contributed by atoms with Gasteiger partial charge in [0.2, 0.25) is 0 Å². The summed E-state index contributed by atoms with van der Waals surface area (Å²) in [6.45, 7) is 4.47. The van der Waals surface area contributed by atoms with Gasteiger partial charge in [0, 0.05) is 19.3 Å². The molecule has 0 aromatic heterocycles. The van der Waals surface area contributed by atoms with E-state index in [0.29, 0.717) is 12.8 Å². The number of quaternary nitrogens is 1. The second-order valence-corrected chi connectivity index (χ2v) is 15.9. The van der Waals surface area contributed by atoms with Crippen molar-refractivity contribution in [2.24, 2.45) is 0 Å². The zero-order valence-corrected chi connectivity index (χ0v) is 35.2. The lowest BCUT2D eigenvalue weighted by molar-refractivity contribution is -0.889. The molecule has 0 N–H and O–H groups in total. The summed E-state index contributed by atoms with van der Waals surface area (Å²) >= 11 is 0. The molecule has 8 nitrogen and oxygen atoms in total. The second kappa shape index (κ2) is 36.8. The van der Waals surface area contributed by atoms with E-state index in [9.17, 15) is 19.5 Å². The van der Waals surface area contributed by atoms with Crippen molar-refractivity contribution in [2.45, 2.75) is 206 Å². The number of rotatable bonds is 39. The number of carbonyl (C=O) groups is 3. The van der Waals surface area contributed by atoms with Gasteiger partial charge in [-0.15, -0.1) is 0 Å². The minimum absolute atomic E-state index is 0.0267. The van der Waals surface area contributed by atoms with Gasteiger partial charge in [-0.05, 0) is 25.7 Å². The average molecular weight is 750 g/mol. The van der Waals surface area contributed by atoms with Gasteiger partial charge in [-0.25, -0.2) is 0 Å². The highest BCUT2D eigenvalue weighted by Crippen LogP contribution is 2.16. The molecule has 53 heavy (non-hydrogen) atoms. The monoisotopic (exact) mass is 750 g/mol. The van der Waals surface area contributed by atoms with Crippen LogP contribution >= 0.6 is 0 Å². The number of hydrogen-bond acceptors (Lipinski definition) is 7. The quantitative estimate of drug-likeness (QED) is 0.0267. The molecule has 0 radical (unpaired) electrons. The molecule has 2 unspecified atom stereocenters. The molecular weight excluding hydrogens is 666 g/mol. The van der Waals surface area contributed by atoms with Gasteiger partial charge >= 0.3 is 11.9 Å². The number of likely N-dealkylation sites (N-methyl/N-ethyl adjacent to an activating group) is 1. The molecule has 0 saturated carbocycles. The van der Waals surface area contributed by atoms with E-state index in [4.69, 9.17) is 14.2 Å². The van der Waals surface area contributed by atoms with Crippen molar-refractivity contribution >= 4 is 17.9 Å². The second-order valence-electron chi connectivity index (χ2n) is 15.9. The highest BCUT2D eigenvalue weighted by molar-refractivity contribution is 5.70. The maximum atomic E-state index is 12.7. The topological polar surface area (TPSA) is 102 Å². The maximum Gasteiger partial charge on any atom is 0.306 e. The lowest BCUT2D eigenvalue weighted by atomic mass is 10.0. The first-order valence-corrected chi connectivity index (χ1v) is 21.9. The summed E-state index contributed by atoms with van der Waals surface area (Å²) in [5.41, 5.74) is 0. The molecule has 0 aromatic rings. The van der Waals surface area contributed by atoms with Crippen LogP contribution in [0.1, 0.15) is 194 Å². The highest BCUT2D eigenvalue weighted by atomic mass is 16.6. The van der Waals surface area contributed by atoms with Crippen LogP contribution in [0.5, 0.6) is 0 Å². The van der Waals surface area contributed by atoms with Crippen molar-refractivity contribution in [1.29, 1.82) is 0 Å². The molecule has 2 atom stereocenters. The average Bonchev–Trinajstić information content (AvgIpc) is 3.11. The third kappa shape index (κ3) is 35.3. The number of aliphatic carboxylic acids is 1. The van der Waals surface area contributed by atoms with Crippen molar-refractivity contribution in [3.8, 4) is 0 Å². The van der Waals surface area contributed by atoms with Gasteiger partial charge in [0.1, 0.15) is 12.6 Å². The Bertz CT molecular complexity index is 926. The van der Waals surface area contributed by atoms with E-state index in [1.54, 1.807) is 21.1 Å². The summed E-state index contributed by atoms with van der Waals surface area (Å²) in [5, 5.41) is 11.6. The van der Waals surface area contributed by atoms with Crippen molar-refractivity contribution in [3.63, 3.8) is 0 Å². The zero-order chi connectivity index (χ0) is 39.3. The molecule has 0 fully saturated rings. The Morgan fingerprint density at radius 3 is 1.51 bits per heavy atom. The van der Waals surface area contributed by atoms with Crippen LogP contribution < -0.4 is 5.11 Å². The number of allylic oxidation sites excluding steroid dienone is 4. The zero-order valence-electron chi connectivity index (χ0n) is 35.2. The Kier molecular flexibility index (Phi) is 35.2.